The van der Waals surface area contributed by atoms with E-state index in [4.69, 9.17) is 9.47 Å². The molecule has 1 aliphatic rings. The summed E-state index contributed by atoms with van der Waals surface area (Å²) >= 11 is 0. The standard InChI is InChI=1S/C23H31N3O3/c1-6-28-19-9-8-17(13-20(19)29-7-2)21-16(5)25-26-22(21)24-23(27)18-11-14(3)10-15(4)12-18/h8-13,16,21-22,25-26H,6-7H2,1-5H3,(H,24,27). The average Bonchev–Trinajstić information content (AvgIpc) is 3.03. The van der Waals surface area contributed by atoms with Crippen LogP contribution in [0.1, 0.15) is 53.7 Å². The molecule has 0 aromatic heterocycles. The van der Waals surface area contributed by atoms with Gasteiger partial charge in [0.05, 0.1) is 13.2 Å². The van der Waals surface area contributed by atoms with Gasteiger partial charge in [0.25, 0.3) is 5.91 Å². The van der Waals surface area contributed by atoms with Gasteiger partial charge in [-0.2, -0.15) is 0 Å². The number of aryl methyl sites for hydroxylation is 2. The van der Waals surface area contributed by atoms with Gasteiger partial charge in [-0.25, -0.2) is 5.43 Å². The molecule has 1 heterocycles. The number of ether oxygens (including phenoxy) is 2. The lowest BCUT2D eigenvalue weighted by Crippen LogP contribution is -2.46. The zero-order chi connectivity index (χ0) is 21.0. The van der Waals surface area contributed by atoms with Crippen molar-refractivity contribution >= 4 is 5.91 Å². The molecular formula is C23H31N3O3. The molecule has 0 saturated carbocycles. The van der Waals surface area contributed by atoms with Crippen molar-refractivity contribution in [1.29, 1.82) is 0 Å². The van der Waals surface area contributed by atoms with Crippen molar-refractivity contribution in [1.82, 2.24) is 16.2 Å². The van der Waals surface area contributed by atoms with Gasteiger partial charge in [-0.05, 0) is 64.4 Å². The van der Waals surface area contributed by atoms with Crippen molar-refractivity contribution in [2.75, 3.05) is 13.2 Å². The van der Waals surface area contributed by atoms with Gasteiger partial charge in [-0.15, -0.1) is 0 Å². The van der Waals surface area contributed by atoms with E-state index in [-0.39, 0.29) is 24.0 Å². The maximum absolute atomic E-state index is 12.9. The first-order valence-electron chi connectivity index (χ1n) is 10.2. The fourth-order valence-corrected chi connectivity index (χ4v) is 3.90. The molecule has 3 atom stereocenters. The van der Waals surface area contributed by atoms with E-state index >= 15 is 0 Å². The average molecular weight is 398 g/mol. The molecule has 3 N–H and O–H groups in total. The minimum Gasteiger partial charge on any atom is -0.490 e. The smallest absolute Gasteiger partial charge is 0.252 e. The highest BCUT2D eigenvalue weighted by Crippen LogP contribution is 2.34. The van der Waals surface area contributed by atoms with E-state index in [1.54, 1.807) is 0 Å². The molecule has 6 nitrogen and oxygen atoms in total. The molecule has 0 bridgehead atoms. The van der Waals surface area contributed by atoms with Crippen LogP contribution in [0.25, 0.3) is 0 Å². The van der Waals surface area contributed by atoms with Crippen molar-refractivity contribution in [2.24, 2.45) is 0 Å². The van der Waals surface area contributed by atoms with Gasteiger partial charge >= 0.3 is 0 Å². The Hall–Kier alpha value is -2.57. The van der Waals surface area contributed by atoms with Crippen molar-refractivity contribution in [3.63, 3.8) is 0 Å². The molecule has 2 aromatic rings. The van der Waals surface area contributed by atoms with Crippen molar-refractivity contribution in [2.45, 2.75) is 52.7 Å². The Morgan fingerprint density at radius 1 is 0.966 bits per heavy atom. The molecule has 6 heteroatoms. The summed E-state index contributed by atoms with van der Waals surface area (Å²) < 4.78 is 11.5. The second-order valence-corrected chi connectivity index (χ2v) is 7.50. The van der Waals surface area contributed by atoms with E-state index in [9.17, 15) is 4.79 Å². The van der Waals surface area contributed by atoms with E-state index < -0.39 is 0 Å². The molecule has 0 radical (unpaired) electrons. The number of amides is 1. The monoisotopic (exact) mass is 397 g/mol. The molecular weight excluding hydrogens is 366 g/mol. The predicted molar refractivity (Wildman–Crippen MR) is 114 cm³/mol. The normalized spacial score (nSPS) is 21.1. The second kappa shape index (κ2) is 9.29. The first-order chi connectivity index (χ1) is 13.9. The van der Waals surface area contributed by atoms with E-state index in [1.807, 2.05) is 58.0 Å². The molecule has 1 amide bonds. The van der Waals surface area contributed by atoms with E-state index in [0.29, 0.717) is 18.8 Å². The summed E-state index contributed by atoms with van der Waals surface area (Å²) in [5.74, 6) is 1.41. The minimum absolute atomic E-state index is 0.0414. The van der Waals surface area contributed by atoms with Crippen molar-refractivity contribution in [3.05, 3.63) is 58.7 Å². The number of hydrogen-bond acceptors (Lipinski definition) is 5. The summed E-state index contributed by atoms with van der Waals surface area (Å²) in [5, 5.41) is 3.14. The van der Waals surface area contributed by atoms with Crippen LogP contribution in [0.4, 0.5) is 0 Å². The van der Waals surface area contributed by atoms with Gasteiger partial charge in [0.1, 0.15) is 6.17 Å². The van der Waals surface area contributed by atoms with Crippen LogP contribution >= 0.6 is 0 Å². The fraction of sp³-hybridized carbons (Fsp3) is 0.435. The van der Waals surface area contributed by atoms with Crippen LogP contribution in [0.3, 0.4) is 0 Å². The molecule has 0 spiro atoms. The SMILES string of the molecule is CCOc1ccc(C2C(C)NNC2NC(=O)c2cc(C)cc(C)c2)cc1OCC. The highest BCUT2D eigenvalue weighted by molar-refractivity contribution is 5.94. The number of hydrazine groups is 1. The lowest BCUT2D eigenvalue weighted by Gasteiger charge is -2.24. The number of nitrogens with one attached hydrogen (secondary N) is 3. The number of rotatable bonds is 7. The fourth-order valence-electron chi connectivity index (χ4n) is 3.90. The molecule has 156 valence electrons. The quantitative estimate of drug-likeness (QED) is 0.668. The Bertz CT molecular complexity index is 848. The Kier molecular flexibility index (Phi) is 6.77. The lowest BCUT2D eigenvalue weighted by molar-refractivity contribution is 0.0928. The molecule has 2 aromatic carbocycles. The van der Waals surface area contributed by atoms with Gasteiger partial charge in [-0.3, -0.25) is 10.2 Å². The first kappa shape index (κ1) is 21.1. The van der Waals surface area contributed by atoms with E-state index in [0.717, 1.165) is 28.2 Å². The van der Waals surface area contributed by atoms with Crippen molar-refractivity contribution < 1.29 is 14.3 Å². The molecule has 0 aliphatic carbocycles. The highest BCUT2D eigenvalue weighted by Gasteiger charge is 2.36. The number of benzene rings is 2. The van der Waals surface area contributed by atoms with E-state index in [1.165, 1.54) is 0 Å². The van der Waals surface area contributed by atoms with Gasteiger partial charge in [0.2, 0.25) is 0 Å². The maximum Gasteiger partial charge on any atom is 0.252 e. The van der Waals surface area contributed by atoms with Crippen LogP contribution in [-0.2, 0) is 0 Å². The largest absolute Gasteiger partial charge is 0.490 e. The Balaban J connectivity index is 1.84. The third kappa shape index (κ3) is 4.89. The van der Waals surface area contributed by atoms with Crippen LogP contribution < -0.4 is 25.6 Å². The van der Waals surface area contributed by atoms with Crippen molar-refractivity contribution in [3.8, 4) is 11.5 Å². The Morgan fingerprint density at radius 2 is 1.62 bits per heavy atom. The molecule has 1 fully saturated rings. The third-order valence-electron chi connectivity index (χ3n) is 5.09. The van der Waals surface area contributed by atoms with Gasteiger partial charge in [-0.1, -0.05) is 23.3 Å². The second-order valence-electron chi connectivity index (χ2n) is 7.50. The zero-order valence-electron chi connectivity index (χ0n) is 17.8. The molecule has 3 rings (SSSR count). The zero-order valence-corrected chi connectivity index (χ0v) is 17.8. The number of carbonyl (C=O) groups excluding carboxylic acids is 1. The van der Waals surface area contributed by atoms with E-state index in [2.05, 4.69) is 29.2 Å². The predicted octanol–water partition coefficient (Wildman–Crippen LogP) is 3.44. The van der Waals surface area contributed by atoms with Crippen LogP contribution in [0.15, 0.2) is 36.4 Å². The third-order valence-corrected chi connectivity index (χ3v) is 5.09. The molecule has 3 unspecified atom stereocenters. The topological polar surface area (TPSA) is 71.6 Å². The summed E-state index contributed by atoms with van der Waals surface area (Å²) in [4.78, 5) is 12.9. The van der Waals surface area contributed by atoms with Gasteiger partial charge < -0.3 is 14.8 Å². The highest BCUT2D eigenvalue weighted by atomic mass is 16.5. The van der Waals surface area contributed by atoms with Crippen LogP contribution in [0.2, 0.25) is 0 Å². The molecule has 1 aliphatic heterocycles. The van der Waals surface area contributed by atoms with Crippen LogP contribution in [-0.4, -0.2) is 31.3 Å². The maximum atomic E-state index is 12.9. The summed E-state index contributed by atoms with van der Waals surface area (Å²) in [6, 6.07) is 12.0. The number of carbonyl (C=O) groups is 1. The summed E-state index contributed by atoms with van der Waals surface area (Å²) in [5.41, 5.74) is 10.4. The molecule has 1 saturated heterocycles. The molecule has 29 heavy (non-hydrogen) atoms. The Morgan fingerprint density at radius 3 is 2.28 bits per heavy atom. The van der Waals surface area contributed by atoms with Crippen LogP contribution in [0.5, 0.6) is 11.5 Å². The Labute approximate surface area is 173 Å². The van der Waals surface area contributed by atoms with Crippen LogP contribution in [0, 0.1) is 13.8 Å². The first-order valence-corrected chi connectivity index (χ1v) is 10.2. The summed E-state index contributed by atoms with van der Waals surface area (Å²) in [6.07, 6.45) is -0.245. The summed E-state index contributed by atoms with van der Waals surface area (Å²) in [7, 11) is 0. The van der Waals surface area contributed by atoms with Gasteiger partial charge in [0, 0.05) is 17.5 Å². The minimum atomic E-state index is -0.245. The summed E-state index contributed by atoms with van der Waals surface area (Å²) in [6.45, 7) is 11.1. The van der Waals surface area contributed by atoms with Gasteiger partial charge in [0.15, 0.2) is 11.5 Å². The number of hydrogen-bond donors (Lipinski definition) is 3. The lowest BCUT2D eigenvalue weighted by atomic mass is 9.91.